The molecule has 0 unspecified atom stereocenters. The van der Waals surface area contributed by atoms with Crippen LogP contribution >= 0.6 is 15.9 Å². The molecule has 0 aromatic rings. The summed E-state index contributed by atoms with van der Waals surface area (Å²) in [6, 6.07) is 0. The van der Waals surface area contributed by atoms with Gasteiger partial charge in [-0.1, -0.05) is 15.9 Å². The van der Waals surface area contributed by atoms with Gasteiger partial charge >= 0.3 is 0 Å². The van der Waals surface area contributed by atoms with E-state index in [4.69, 9.17) is 0 Å². The molecule has 1 aliphatic heterocycles. The van der Waals surface area contributed by atoms with Gasteiger partial charge in [0.1, 0.15) is 12.2 Å². The third-order valence-electron chi connectivity index (χ3n) is 1.84. The van der Waals surface area contributed by atoms with E-state index in [0.717, 1.165) is 0 Å². The number of carbonyl (C=O) groups excluding carboxylic acids is 2. The highest BCUT2D eigenvalue weighted by Crippen LogP contribution is 2.16. The van der Waals surface area contributed by atoms with Crippen molar-refractivity contribution in [3.63, 3.8) is 0 Å². The van der Waals surface area contributed by atoms with Crippen LogP contribution in [0.5, 0.6) is 0 Å². The summed E-state index contributed by atoms with van der Waals surface area (Å²) in [5, 5.41) is 2.96. The number of carbonyl (C=O) groups is 2. The van der Waals surface area contributed by atoms with Gasteiger partial charge < -0.3 is 10.2 Å². The molecule has 12 heavy (non-hydrogen) atoms. The minimum atomic E-state index is -0.540. The zero-order chi connectivity index (χ0) is 9.35. The number of hydrogen-bond donors (Lipinski definition) is 1. The SMILES string of the molecule is CC1(C)NC(=O)CN1C(=O)CBr. The van der Waals surface area contributed by atoms with Crippen LogP contribution in [0.15, 0.2) is 0 Å². The molecule has 1 aliphatic rings. The van der Waals surface area contributed by atoms with Crippen molar-refractivity contribution in [2.24, 2.45) is 0 Å². The predicted octanol–water partition coefficient (Wildman–Crippen LogP) is 0.0758. The number of nitrogens with zero attached hydrogens (tertiary/aromatic N) is 1. The van der Waals surface area contributed by atoms with Crippen LogP contribution < -0.4 is 5.32 Å². The molecule has 5 heteroatoms. The van der Waals surface area contributed by atoms with Crippen LogP contribution in [-0.4, -0.2) is 34.3 Å². The van der Waals surface area contributed by atoms with E-state index in [9.17, 15) is 9.59 Å². The first kappa shape index (κ1) is 9.51. The third kappa shape index (κ3) is 1.60. The Morgan fingerprint density at radius 2 is 2.33 bits per heavy atom. The lowest BCUT2D eigenvalue weighted by Gasteiger charge is -2.29. The molecular formula is C7H11BrN2O2. The first-order valence-electron chi connectivity index (χ1n) is 3.65. The Morgan fingerprint density at radius 3 is 2.67 bits per heavy atom. The first-order valence-corrected chi connectivity index (χ1v) is 4.77. The van der Waals surface area contributed by atoms with Crippen LogP contribution in [-0.2, 0) is 9.59 Å². The monoisotopic (exact) mass is 234 g/mol. The molecule has 0 radical (unpaired) electrons. The maximum Gasteiger partial charge on any atom is 0.241 e. The third-order valence-corrected chi connectivity index (χ3v) is 2.32. The van der Waals surface area contributed by atoms with Gasteiger partial charge in [0, 0.05) is 0 Å². The lowest BCUT2D eigenvalue weighted by Crippen LogP contribution is -2.49. The second-order valence-electron chi connectivity index (χ2n) is 3.22. The number of alkyl halides is 1. The zero-order valence-corrected chi connectivity index (χ0v) is 8.64. The highest BCUT2D eigenvalue weighted by Gasteiger charge is 2.38. The summed E-state index contributed by atoms with van der Waals surface area (Å²) < 4.78 is 0. The smallest absolute Gasteiger partial charge is 0.241 e. The summed E-state index contributed by atoms with van der Waals surface area (Å²) in [5.41, 5.74) is -0.540. The van der Waals surface area contributed by atoms with Crippen molar-refractivity contribution >= 4 is 27.7 Å². The number of nitrogens with one attached hydrogen (secondary N) is 1. The molecule has 0 atom stereocenters. The van der Waals surface area contributed by atoms with Crippen molar-refractivity contribution < 1.29 is 9.59 Å². The van der Waals surface area contributed by atoms with Crippen molar-refractivity contribution in [3.05, 3.63) is 0 Å². The van der Waals surface area contributed by atoms with E-state index < -0.39 is 5.66 Å². The first-order chi connectivity index (χ1) is 5.47. The quantitative estimate of drug-likeness (QED) is 0.654. The van der Waals surface area contributed by atoms with E-state index >= 15 is 0 Å². The van der Waals surface area contributed by atoms with Gasteiger partial charge in [0.2, 0.25) is 11.8 Å². The number of hydrogen-bond acceptors (Lipinski definition) is 2. The Hall–Kier alpha value is -0.580. The summed E-state index contributed by atoms with van der Waals surface area (Å²) >= 11 is 3.07. The molecule has 0 aliphatic carbocycles. The van der Waals surface area contributed by atoms with Gasteiger partial charge in [-0.25, -0.2) is 0 Å². The van der Waals surface area contributed by atoms with E-state index in [-0.39, 0.29) is 23.7 Å². The van der Waals surface area contributed by atoms with E-state index in [1.807, 2.05) is 0 Å². The summed E-state index contributed by atoms with van der Waals surface area (Å²) in [6.07, 6.45) is 0. The fourth-order valence-electron chi connectivity index (χ4n) is 1.26. The van der Waals surface area contributed by atoms with Crippen LogP contribution in [0.1, 0.15) is 13.8 Å². The minimum Gasteiger partial charge on any atom is -0.332 e. The van der Waals surface area contributed by atoms with Gasteiger partial charge in [0.05, 0.1) is 5.33 Å². The maximum absolute atomic E-state index is 11.3. The Balaban J connectivity index is 2.78. The molecule has 0 saturated carbocycles. The molecule has 0 aromatic heterocycles. The molecular weight excluding hydrogens is 224 g/mol. The molecule has 4 nitrogen and oxygen atoms in total. The Morgan fingerprint density at radius 1 is 1.75 bits per heavy atom. The van der Waals surface area contributed by atoms with Gasteiger partial charge in [0.25, 0.3) is 0 Å². The maximum atomic E-state index is 11.3. The second-order valence-corrected chi connectivity index (χ2v) is 3.78. The standard InChI is InChI=1S/C7H11BrN2O2/c1-7(2)9-5(11)4-10(7)6(12)3-8/h3-4H2,1-2H3,(H,9,11). The summed E-state index contributed by atoms with van der Waals surface area (Å²) in [4.78, 5) is 23.7. The summed E-state index contributed by atoms with van der Waals surface area (Å²) in [6.45, 7) is 3.77. The molecule has 1 heterocycles. The Bertz CT molecular complexity index is 227. The van der Waals surface area contributed by atoms with Gasteiger partial charge in [-0.15, -0.1) is 0 Å². The average molecular weight is 235 g/mol. The van der Waals surface area contributed by atoms with Crippen LogP contribution in [0.4, 0.5) is 0 Å². The largest absolute Gasteiger partial charge is 0.332 e. The highest BCUT2D eigenvalue weighted by molar-refractivity contribution is 9.09. The average Bonchev–Trinajstić information content (AvgIpc) is 2.23. The zero-order valence-electron chi connectivity index (χ0n) is 7.06. The summed E-state index contributed by atoms with van der Waals surface area (Å²) in [7, 11) is 0. The van der Waals surface area contributed by atoms with Gasteiger partial charge in [-0.2, -0.15) is 0 Å². The van der Waals surface area contributed by atoms with Crippen LogP contribution in [0.3, 0.4) is 0 Å². The van der Waals surface area contributed by atoms with Crippen molar-refractivity contribution in [2.75, 3.05) is 11.9 Å². The molecule has 1 rings (SSSR count). The molecule has 68 valence electrons. The molecule has 0 spiro atoms. The fourth-order valence-corrected chi connectivity index (χ4v) is 1.56. The normalized spacial score (nSPS) is 20.9. The number of halogens is 1. The van der Waals surface area contributed by atoms with E-state index in [0.29, 0.717) is 0 Å². The fraction of sp³-hybridized carbons (Fsp3) is 0.714. The van der Waals surface area contributed by atoms with Crippen LogP contribution in [0.25, 0.3) is 0 Å². The number of rotatable bonds is 1. The van der Waals surface area contributed by atoms with Crippen LogP contribution in [0, 0.1) is 0 Å². The van der Waals surface area contributed by atoms with Gasteiger partial charge in [0.15, 0.2) is 0 Å². The molecule has 0 bridgehead atoms. The van der Waals surface area contributed by atoms with E-state index in [1.165, 1.54) is 4.90 Å². The van der Waals surface area contributed by atoms with E-state index in [2.05, 4.69) is 21.2 Å². The van der Waals surface area contributed by atoms with Gasteiger partial charge in [-0.3, -0.25) is 9.59 Å². The van der Waals surface area contributed by atoms with Crippen molar-refractivity contribution in [1.29, 1.82) is 0 Å². The molecule has 1 N–H and O–H groups in total. The summed E-state index contributed by atoms with van der Waals surface area (Å²) in [5.74, 6) is -0.173. The molecule has 1 saturated heterocycles. The lowest BCUT2D eigenvalue weighted by molar-refractivity contribution is -0.132. The van der Waals surface area contributed by atoms with E-state index in [1.54, 1.807) is 13.8 Å². The molecule has 2 amide bonds. The highest BCUT2D eigenvalue weighted by atomic mass is 79.9. The van der Waals surface area contributed by atoms with Crippen molar-refractivity contribution in [1.82, 2.24) is 10.2 Å². The topological polar surface area (TPSA) is 49.4 Å². The van der Waals surface area contributed by atoms with Crippen molar-refractivity contribution in [2.45, 2.75) is 19.5 Å². The Kier molecular flexibility index (Phi) is 2.41. The predicted molar refractivity (Wildman–Crippen MR) is 47.7 cm³/mol. The van der Waals surface area contributed by atoms with Crippen molar-refractivity contribution in [3.8, 4) is 0 Å². The second kappa shape index (κ2) is 3.05. The minimum absolute atomic E-state index is 0.0710. The lowest BCUT2D eigenvalue weighted by atomic mass is 10.2. The van der Waals surface area contributed by atoms with Gasteiger partial charge in [-0.05, 0) is 13.8 Å². The Labute approximate surface area is 79.4 Å². The molecule has 0 aromatic carbocycles. The van der Waals surface area contributed by atoms with Crippen LogP contribution in [0.2, 0.25) is 0 Å². The number of amides is 2. The molecule has 1 fully saturated rings.